The Morgan fingerprint density at radius 2 is 1.64 bits per heavy atom. The summed E-state index contributed by atoms with van der Waals surface area (Å²) in [6.45, 7) is 5.23. The van der Waals surface area contributed by atoms with Gasteiger partial charge in [-0.2, -0.15) is 0 Å². The van der Waals surface area contributed by atoms with Crippen molar-refractivity contribution in [3.05, 3.63) is 77.9 Å². The molecule has 0 saturated heterocycles. The van der Waals surface area contributed by atoms with Crippen LogP contribution in [0.15, 0.2) is 61.2 Å². The maximum Gasteiger partial charge on any atom is 0.338 e. The van der Waals surface area contributed by atoms with E-state index in [0.29, 0.717) is 16.8 Å². The van der Waals surface area contributed by atoms with E-state index in [0.717, 1.165) is 4.90 Å². The molecule has 0 saturated carbocycles. The fourth-order valence-corrected chi connectivity index (χ4v) is 2.77. The molecule has 0 spiro atoms. The number of hydrogen-bond donors (Lipinski definition) is 1. The molecule has 1 heterocycles. The highest BCUT2D eigenvalue weighted by atomic mass is 16.5. The number of nitrogens with zero attached hydrogens (tertiary/aromatic N) is 1. The van der Waals surface area contributed by atoms with E-state index in [1.165, 1.54) is 37.3 Å². The zero-order valence-electron chi connectivity index (χ0n) is 15.2. The van der Waals surface area contributed by atoms with Gasteiger partial charge in [0.2, 0.25) is 0 Å². The smallest absolute Gasteiger partial charge is 0.338 e. The predicted octanol–water partition coefficient (Wildman–Crippen LogP) is 2.33. The quantitative estimate of drug-likeness (QED) is 0.473. The normalized spacial score (nSPS) is 13.7. The molecule has 0 fully saturated rings. The first kappa shape index (κ1) is 19.0. The van der Waals surface area contributed by atoms with E-state index in [-0.39, 0.29) is 12.1 Å². The maximum atomic E-state index is 12.5. The van der Waals surface area contributed by atoms with Gasteiger partial charge in [0.15, 0.2) is 6.10 Å². The summed E-state index contributed by atoms with van der Waals surface area (Å²) < 4.78 is 5.12. The van der Waals surface area contributed by atoms with Crippen LogP contribution in [0, 0.1) is 0 Å². The van der Waals surface area contributed by atoms with Gasteiger partial charge in [-0.05, 0) is 43.3 Å². The molecule has 3 amide bonds. The average Bonchev–Trinajstić information content (AvgIpc) is 2.97. The highest BCUT2D eigenvalue weighted by Crippen LogP contribution is 2.28. The molecule has 2 aromatic carbocycles. The second-order valence-corrected chi connectivity index (χ2v) is 6.12. The standard InChI is InChI=1S/C21H18N2O5/c1-3-12-22-18(24)13(2)28-21(27)14-8-10-15(11-9-14)23-19(25)16-6-4-5-7-17(16)20(23)26/h3-11,13H,1,12H2,2H3,(H,22,24)/t13-/m0/s1. The van der Waals surface area contributed by atoms with Crippen LogP contribution in [-0.4, -0.2) is 36.3 Å². The van der Waals surface area contributed by atoms with E-state index < -0.39 is 29.8 Å². The number of esters is 1. The van der Waals surface area contributed by atoms with Gasteiger partial charge < -0.3 is 10.1 Å². The van der Waals surface area contributed by atoms with E-state index in [1.54, 1.807) is 24.3 Å². The number of hydrogen-bond acceptors (Lipinski definition) is 5. The van der Waals surface area contributed by atoms with Crippen LogP contribution < -0.4 is 10.2 Å². The molecule has 0 bridgehead atoms. The van der Waals surface area contributed by atoms with E-state index in [9.17, 15) is 19.2 Å². The van der Waals surface area contributed by atoms with Gasteiger partial charge in [0.25, 0.3) is 17.7 Å². The third-order valence-electron chi connectivity index (χ3n) is 4.23. The van der Waals surface area contributed by atoms with Crippen LogP contribution in [0.1, 0.15) is 38.0 Å². The highest BCUT2D eigenvalue weighted by molar-refractivity contribution is 6.34. The number of imide groups is 1. The molecule has 0 radical (unpaired) electrons. The van der Waals surface area contributed by atoms with Crippen molar-refractivity contribution in [2.75, 3.05) is 11.4 Å². The lowest BCUT2D eigenvalue weighted by atomic mass is 10.1. The number of carbonyl (C=O) groups excluding carboxylic acids is 4. The molecule has 1 aliphatic rings. The number of rotatable bonds is 6. The van der Waals surface area contributed by atoms with Gasteiger partial charge in [-0.25, -0.2) is 9.69 Å². The number of ether oxygens (including phenoxy) is 1. The molecule has 0 unspecified atom stereocenters. The SMILES string of the molecule is C=CCNC(=O)[C@H](C)OC(=O)c1ccc(N2C(=O)c3ccccc3C2=O)cc1. The number of carbonyl (C=O) groups is 4. The molecule has 7 heteroatoms. The van der Waals surface area contributed by atoms with Gasteiger partial charge >= 0.3 is 5.97 Å². The third kappa shape index (κ3) is 3.55. The molecule has 7 nitrogen and oxygen atoms in total. The fraction of sp³-hybridized carbons (Fsp3) is 0.143. The Morgan fingerprint density at radius 1 is 1.07 bits per heavy atom. The number of benzene rings is 2. The van der Waals surface area contributed by atoms with Crippen LogP contribution in [0.3, 0.4) is 0 Å². The van der Waals surface area contributed by atoms with Gasteiger partial charge in [0.05, 0.1) is 22.4 Å². The summed E-state index contributed by atoms with van der Waals surface area (Å²) in [6.07, 6.45) is 0.549. The molecule has 1 aliphatic heterocycles. The molecule has 0 aromatic heterocycles. The van der Waals surface area contributed by atoms with Gasteiger partial charge in [-0.15, -0.1) is 6.58 Å². The molecule has 1 N–H and O–H groups in total. The van der Waals surface area contributed by atoms with Gasteiger partial charge in [-0.1, -0.05) is 18.2 Å². The Kier molecular flexibility index (Phi) is 5.35. The summed E-state index contributed by atoms with van der Waals surface area (Å²) in [4.78, 5) is 50.0. The van der Waals surface area contributed by atoms with Gasteiger partial charge in [-0.3, -0.25) is 14.4 Å². The van der Waals surface area contributed by atoms with Crippen molar-refractivity contribution in [1.82, 2.24) is 5.32 Å². The molecule has 1 atom stereocenters. The summed E-state index contributed by atoms with van der Waals surface area (Å²) in [7, 11) is 0. The molecule has 3 rings (SSSR count). The molecule has 142 valence electrons. The van der Waals surface area contributed by atoms with Crippen LogP contribution in [0.5, 0.6) is 0 Å². The maximum absolute atomic E-state index is 12.5. The second-order valence-electron chi connectivity index (χ2n) is 6.12. The van der Waals surface area contributed by atoms with Crippen LogP contribution >= 0.6 is 0 Å². The minimum atomic E-state index is -0.969. The van der Waals surface area contributed by atoms with Crippen molar-refractivity contribution in [1.29, 1.82) is 0 Å². The Morgan fingerprint density at radius 3 is 2.18 bits per heavy atom. The molecule has 2 aromatic rings. The largest absolute Gasteiger partial charge is 0.449 e. The van der Waals surface area contributed by atoms with Gasteiger partial charge in [0, 0.05) is 6.54 Å². The van der Waals surface area contributed by atoms with Crippen molar-refractivity contribution in [2.45, 2.75) is 13.0 Å². The topological polar surface area (TPSA) is 92.8 Å². The summed E-state index contributed by atoms with van der Waals surface area (Å²) in [5.74, 6) is -1.95. The first-order valence-electron chi connectivity index (χ1n) is 8.61. The Hall–Kier alpha value is -3.74. The third-order valence-corrected chi connectivity index (χ3v) is 4.23. The fourth-order valence-electron chi connectivity index (χ4n) is 2.77. The highest BCUT2D eigenvalue weighted by Gasteiger charge is 2.36. The summed E-state index contributed by atoms with van der Waals surface area (Å²) in [5.41, 5.74) is 1.23. The first-order chi connectivity index (χ1) is 13.4. The molecule has 28 heavy (non-hydrogen) atoms. The lowest BCUT2D eigenvalue weighted by molar-refractivity contribution is -0.128. The van der Waals surface area contributed by atoms with Gasteiger partial charge in [0.1, 0.15) is 0 Å². The lowest BCUT2D eigenvalue weighted by Gasteiger charge is -2.15. The van der Waals surface area contributed by atoms with Crippen LogP contribution in [0.4, 0.5) is 5.69 Å². The summed E-state index contributed by atoms with van der Waals surface area (Å²) in [6, 6.07) is 12.4. The van der Waals surface area contributed by atoms with E-state index >= 15 is 0 Å². The van der Waals surface area contributed by atoms with Crippen LogP contribution in [0.25, 0.3) is 0 Å². The number of fused-ring (bicyclic) bond motifs is 1. The van der Waals surface area contributed by atoms with Crippen LogP contribution in [-0.2, 0) is 9.53 Å². The molecule has 0 aliphatic carbocycles. The Bertz CT molecular complexity index is 930. The molecular formula is C21H18N2O5. The van der Waals surface area contributed by atoms with Crippen molar-refractivity contribution in [2.24, 2.45) is 0 Å². The Balaban J connectivity index is 1.71. The first-order valence-corrected chi connectivity index (χ1v) is 8.61. The monoisotopic (exact) mass is 378 g/mol. The Labute approximate surface area is 161 Å². The van der Waals surface area contributed by atoms with E-state index in [1.807, 2.05) is 0 Å². The predicted molar refractivity (Wildman–Crippen MR) is 102 cm³/mol. The van der Waals surface area contributed by atoms with E-state index in [2.05, 4.69) is 11.9 Å². The second kappa shape index (κ2) is 7.87. The van der Waals surface area contributed by atoms with Crippen molar-refractivity contribution >= 4 is 29.4 Å². The summed E-state index contributed by atoms with van der Waals surface area (Å²) in [5, 5.41) is 2.54. The minimum Gasteiger partial charge on any atom is -0.449 e. The van der Waals surface area contributed by atoms with Crippen molar-refractivity contribution < 1.29 is 23.9 Å². The minimum absolute atomic E-state index is 0.198. The van der Waals surface area contributed by atoms with E-state index in [4.69, 9.17) is 4.74 Å². The number of amides is 3. The zero-order valence-corrected chi connectivity index (χ0v) is 15.2. The lowest BCUT2D eigenvalue weighted by Crippen LogP contribution is -2.35. The van der Waals surface area contributed by atoms with Crippen molar-refractivity contribution in [3.8, 4) is 0 Å². The number of nitrogens with one attached hydrogen (secondary N) is 1. The summed E-state index contributed by atoms with van der Waals surface area (Å²) >= 11 is 0. The van der Waals surface area contributed by atoms with Crippen molar-refractivity contribution in [3.63, 3.8) is 0 Å². The van der Waals surface area contributed by atoms with Crippen LogP contribution in [0.2, 0.25) is 0 Å². The molecular weight excluding hydrogens is 360 g/mol. The number of anilines is 1. The zero-order chi connectivity index (χ0) is 20.3. The average molecular weight is 378 g/mol.